The smallest absolute Gasteiger partial charge is 0.377 e. The van der Waals surface area contributed by atoms with Crippen molar-refractivity contribution in [3.05, 3.63) is 71.4 Å². The van der Waals surface area contributed by atoms with E-state index < -0.39 is 27.9 Å². The second kappa shape index (κ2) is 11.5. The summed E-state index contributed by atoms with van der Waals surface area (Å²) in [5.74, 6) is -1.86. The maximum absolute atomic E-state index is 13.7. The van der Waals surface area contributed by atoms with Crippen molar-refractivity contribution in [2.45, 2.75) is 39.2 Å². The van der Waals surface area contributed by atoms with Crippen LogP contribution < -0.4 is 0 Å². The highest BCUT2D eigenvalue weighted by Gasteiger charge is 2.52. The number of nitrogens with zero attached hydrogens (tertiary/aromatic N) is 5. The number of imide groups is 1. The molecule has 0 radical (unpaired) electrons. The van der Waals surface area contributed by atoms with E-state index in [2.05, 4.69) is 11.8 Å². The third-order valence-electron chi connectivity index (χ3n) is 6.51. The summed E-state index contributed by atoms with van der Waals surface area (Å²) in [7, 11) is -2.60. The molecule has 3 aromatic rings. The predicted octanol–water partition coefficient (Wildman–Crippen LogP) is 3.83. The van der Waals surface area contributed by atoms with Crippen molar-refractivity contribution in [1.29, 1.82) is 0 Å². The average molecular weight is 567 g/mol. The first kappa shape index (κ1) is 28.8. The van der Waals surface area contributed by atoms with E-state index in [1.807, 2.05) is 44.2 Å². The highest BCUT2D eigenvalue weighted by molar-refractivity contribution is 7.88. The van der Waals surface area contributed by atoms with Crippen LogP contribution in [0.1, 0.15) is 54.1 Å². The van der Waals surface area contributed by atoms with Crippen LogP contribution >= 0.6 is 0 Å². The molecule has 4 rings (SSSR count). The van der Waals surface area contributed by atoms with Gasteiger partial charge in [0.1, 0.15) is 5.56 Å². The number of hydrogen-bond donors (Lipinski definition) is 0. The Morgan fingerprint density at radius 3 is 2.42 bits per heavy atom. The molecular formula is C28H32N5O6S+. The SMILES string of the molecule is C=[N+]1C(=O)N(N(C(=O)CCCOCc2ccccc2)S(C)(=O)=O)C(=O)c2cc(-c3ccnn3C)c(C(C)C)cc21. The van der Waals surface area contributed by atoms with E-state index in [-0.39, 0.29) is 41.0 Å². The molecule has 0 unspecified atom stereocenters. The lowest BCUT2D eigenvalue weighted by molar-refractivity contribution is -0.340. The zero-order chi connectivity index (χ0) is 29.2. The number of rotatable bonds is 10. The topological polar surface area (TPSA) is 122 Å². The van der Waals surface area contributed by atoms with Crippen molar-refractivity contribution < 1.29 is 32.1 Å². The first-order valence-electron chi connectivity index (χ1n) is 12.7. The highest BCUT2D eigenvalue weighted by atomic mass is 32.2. The molecule has 0 saturated heterocycles. The molecule has 4 amide bonds. The van der Waals surface area contributed by atoms with Crippen LogP contribution in [-0.2, 0) is 33.2 Å². The van der Waals surface area contributed by atoms with Crippen LogP contribution in [0.4, 0.5) is 10.5 Å². The minimum atomic E-state index is -4.36. The highest BCUT2D eigenvalue weighted by Crippen LogP contribution is 2.38. The van der Waals surface area contributed by atoms with Gasteiger partial charge in [-0.25, -0.2) is 13.2 Å². The van der Waals surface area contributed by atoms with Crippen molar-refractivity contribution in [2.24, 2.45) is 7.05 Å². The van der Waals surface area contributed by atoms with Crippen molar-refractivity contribution >= 4 is 40.3 Å². The summed E-state index contributed by atoms with van der Waals surface area (Å²) in [5, 5.41) is 4.56. The Balaban J connectivity index is 1.62. The summed E-state index contributed by atoms with van der Waals surface area (Å²) in [6.07, 6.45) is 2.30. The predicted molar refractivity (Wildman–Crippen MR) is 148 cm³/mol. The van der Waals surface area contributed by atoms with Crippen molar-refractivity contribution in [3.8, 4) is 11.3 Å². The number of aryl methyl sites for hydroxylation is 1. The molecular weight excluding hydrogens is 534 g/mol. The average Bonchev–Trinajstić information content (AvgIpc) is 3.34. The number of fused-ring (bicyclic) bond motifs is 1. The fourth-order valence-corrected chi connectivity index (χ4v) is 5.45. The standard InChI is InChI=1S/C28H32N5O6S/c1-19(2)21-17-25-23(16-22(21)24-13-14-29-31(24)4)27(35)32(28(36)30(25)3)33(40(5,37)38)26(34)12-9-15-39-18-20-10-7-6-8-11-20/h6-8,10-11,13-14,16-17,19H,3,9,12,15,18H2,1-2,4-5H3/q+1. The molecule has 0 atom stereocenters. The van der Waals surface area contributed by atoms with Gasteiger partial charge >= 0.3 is 11.9 Å². The van der Waals surface area contributed by atoms with E-state index in [0.717, 1.165) is 27.7 Å². The summed E-state index contributed by atoms with van der Waals surface area (Å²) in [4.78, 5) is 40.2. The molecule has 0 spiro atoms. The second-order valence-corrected chi connectivity index (χ2v) is 11.6. The molecule has 2 heterocycles. The normalized spacial score (nSPS) is 13.6. The van der Waals surface area contributed by atoms with Crippen LogP contribution in [-0.4, -0.2) is 69.6 Å². The van der Waals surface area contributed by atoms with Gasteiger partial charge in [-0.05, 0) is 46.7 Å². The molecule has 1 aliphatic heterocycles. The number of hydrazine groups is 1. The Morgan fingerprint density at radius 1 is 1.12 bits per heavy atom. The lowest BCUT2D eigenvalue weighted by atomic mass is 9.91. The number of sulfonamides is 1. The van der Waals surface area contributed by atoms with Gasteiger partial charge in [0.25, 0.3) is 15.9 Å². The molecule has 1 aliphatic rings. The van der Waals surface area contributed by atoms with E-state index in [1.165, 1.54) is 0 Å². The fraction of sp³-hybridized carbons (Fsp3) is 0.321. The number of carbonyl (C=O) groups excluding carboxylic acids is 3. The van der Waals surface area contributed by atoms with Gasteiger partial charge in [0.05, 0.1) is 25.3 Å². The zero-order valence-electron chi connectivity index (χ0n) is 22.9. The summed E-state index contributed by atoms with van der Waals surface area (Å²) < 4.78 is 33.9. The van der Waals surface area contributed by atoms with Crippen LogP contribution in [0, 0.1) is 0 Å². The van der Waals surface area contributed by atoms with Crippen LogP contribution in [0.3, 0.4) is 0 Å². The quantitative estimate of drug-likeness (QED) is 0.270. The summed E-state index contributed by atoms with van der Waals surface area (Å²) in [6, 6.07) is 13.5. The summed E-state index contributed by atoms with van der Waals surface area (Å²) >= 11 is 0. The Morgan fingerprint density at radius 2 is 1.82 bits per heavy atom. The Bertz CT molecular complexity index is 1580. The van der Waals surface area contributed by atoms with Crippen molar-refractivity contribution in [1.82, 2.24) is 19.2 Å². The molecule has 2 aromatic carbocycles. The maximum Gasteiger partial charge on any atom is 0.531 e. The molecule has 11 nitrogen and oxygen atoms in total. The fourth-order valence-electron chi connectivity index (χ4n) is 4.55. The van der Waals surface area contributed by atoms with Gasteiger partial charge in [0, 0.05) is 31.8 Å². The van der Waals surface area contributed by atoms with E-state index >= 15 is 0 Å². The first-order chi connectivity index (χ1) is 18.9. The van der Waals surface area contributed by atoms with Gasteiger partial charge in [-0.3, -0.25) is 9.48 Å². The molecule has 0 saturated carbocycles. The van der Waals surface area contributed by atoms with Crippen LogP contribution in [0.15, 0.2) is 54.7 Å². The number of amides is 4. The number of ether oxygens (including phenoxy) is 1. The van der Waals surface area contributed by atoms with Crippen LogP contribution in [0.5, 0.6) is 0 Å². The van der Waals surface area contributed by atoms with E-state index in [9.17, 15) is 22.8 Å². The van der Waals surface area contributed by atoms with Crippen molar-refractivity contribution in [2.75, 3.05) is 12.9 Å². The lowest BCUT2D eigenvalue weighted by Gasteiger charge is -2.28. The Hall–Kier alpha value is -4.16. The minimum Gasteiger partial charge on any atom is -0.377 e. The molecule has 210 valence electrons. The minimum absolute atomic E-state index is 0.0186. The number of benzene rings is 2. The maximum atomic E-state index is 13.7. The Kier molecular flexibility index (Phi) is 8.31. The number of aromatic nitrogens is 2. The van der Waals surface area contributed by atoms with Gasteiger partial charge < -0.3 is 4.74 Å². The molecule has 0 N–H and O–H groups in total. The van der Waals surface area contributed by atoms with E-state index in [0.29, 0.717) is 17.2 Å². The number of urea groups is 1. The zero-order valence-corrected chi connectivity index (χ0v) is 23.7. The van der Waals surface area contributed by atoms with Gasteiger partial charge in [-0.1, -0.05) is 48.6 Å². The molecule has 0 bridgehead atoms. The molecule has 1 aromatic heterocycles. The van der Waals surface area contributed by atoms with E-state index in [4.69, 9.17) is 4.74 Å². The molecule has 40 heavy (non-hydrogen) atoms. The first-order valence-corrected chi connectivity index (χ1v) is 14.6. The Labute approximate surface area is 233 Å². The largest absolute Gasteiger partial charge is 0.531 e. The second-order valence-electron chi connectivity index (χ2n) is 9.82. The lowest BCUT2D eigenvalue weighted by Crippen LogP contribution is -2.58. The number of carbonyl (C=O) groups is 3. The van der Waals surface area contributed by atoms with Gasteiger partial charge in [-0.2, -0.15) is 14.5 Å². The van der Waals surface area contributed by atoms with Gasteiger partial charge in [0.2, 0.25) is 0 Å². The van der Waals surface area contributed by atoms with Crippen LogP contribution in [0.2, 0.25) is 0 Å². The van der Waals surface area contributed by atoms with Gasteiger partial charge in [0.15, 0.2) is 5.69 Å². The molecule has 0 aliphatic carbocycles. The third-order valence-corrected chi connectivity index (χ3v) is 7.51. The van der Waals surface area contributed by atoms with Crippen LogP contribution in [0.25, 0.3) is 11.3 Å². The third kappa shape index (κ3) is 5.73. The van der Waals surface area contributed by atoms with Gasteiger partial charge in [-0.15, -0.1) is 0 Å². The molecule has 12 heteroatoms. The summed E-state index contributed by atoms with van der Waals surface area (Å²) in [5.41, 5.74) is 3.47. The molecule has 0 fully saturated rings. The monoisotopic (exact) mass is 566 g/mol. The van der Waals surface area contributed by atoms with E-state index in [1.54, 1.807) is 36.1 Å². The number of hydrogen-bond acceptors (Lipinski definition) is 7. The van der Waals surface area contributed by atoms with Crippen molar-refractivity contribution in [3.63, 3.8) is 0 Å². The summed E-state index contributed by atoms with van der Waals surface area (Å²) in [6.45, 7) is 8.23.